The van der Waals surface area contributed by atoms with E-state index >= 15 is 0 Å². The van der Waals surface area contributed by atoms with Gasteiger partial charge in [0.1, 0.15) is 24.0 Å². The highest BCUT2D eigenvalue weighted by atomic mass is 19.1. The Kier molecular flexibility index (Phi) is 10.0. The molecule has 0 bridgehead atoms. The summed E-state index contributed by atoms with van der Waals surface area (Å²) in [6.07, 6.45) is 0.985. The summed E-state index contributed by atoms with van der Waals surface area (Å²) >= 11 is 0. The van der Waals surface area contributed by atoms with Crippen molar-refractivity contribution in [3.8, 4) is 11.1 Å². The van der Waals surface area contributed by atoms with Gasteiger partial charge in [-0.3, -0.25) is 14.4 Å². The Morgan fingerprint density at radius 2 is 1.57 bits per heavy atom. The number of aldehydes is 1. The van der Waals surface area contributed by atoms with Crippen LogP contribution in [0.25, 0.3) is 11.1 Å². The van der Waals surface area contributed by atoms with E-state index in [0.29, 0.717) is 23.8 Å². The van der Waals surface area contributed by atoms with Gasteiger partial charge in [0, 0.05) is 25.9 Å². The quantitative estimate of drug-likeness (QED) is 0.259. The molecule has 3 aromatic rings. The molecule has 7 nitrogen and oxygen atoms in total. The van der Waals surface area contributed by atoms with Crippen molar-refractivity contribution in [3.63, 3.8) is 0 Å². The van der Waals surface area contributed by atoms with Crippen LogP contribution in [0.5, 0.6) is 0 Å². The summed E-state index contributed by atoms with van der Waals surface area (Å²) in [5.74, 6) is -2.85. The fourth-order valence-electron chi connectivity index (χ4n) is 3.62. The molecule has 1 unspecified atom stereocenters. The van der Waals surface area contributed by atoms with Gasteiger partial charge >= 0.3 is 0 Å². The van der Waals surface area contributed by atoms with E-state index in [-0.39, 0.29) is 37.4 Å². The smallest absolute Gasteiger partial charge is 0.254 e. The lowest BCUT2D eigenvalue weighted by Crippen LogP contribution is -2.48. The summed E-state index contributed by atoms with van der Waals surface area (Å²) in [6.45, 7) is -0.0327. The number of carbonyl (C=O) groups excluding carboxylic acids is 4. The zero-order chi connectivity index (χ0) is 26.6. The average molecular weight is 508 g/mol. The van der Waals surface area contributed by atoms with Crippen LogP contribution in [0.3, 0.4) is 0 Å². The van der Waals surface area contributed by atoms with Gasteiger partial charge in [-0.25, -0.2) is 8.78 Å². The molecular weight excluding hydrogens is 480 g/mol. The maximum Gasteiger partial charge on any atom is 0.254 e. The minimum Gasteiger partial charge on any atom is -0.353 e. The summed E-state index contributed by atoms with van der Waals surface area (Å²) in [7, 11) is 0. The van der Waals surface area contributed by atoms with E-state index in [2.05, 4.69) is 16.0 Å². The van der Waals surface area contributed by atoms with Gasteiger partial charge in [-0.15, -0.1) is 0 Å². The number of amides is 3. The van der Waals surface area contributed by atoms with E-state index in [4.69, 9.17) is 0 Å². The predicted octanol–water partition coefficient (Wildman–Crippen LogP) is 3.18. The van der Waals surface area contributed by atoms with E-state index in [1.54, 1.807) is 6.07 Å². The van der Waals surface area contributed by atoms with Gasteiger partial charge in [0.2, 0.25) is 11.8 Å². The number of aryl methyl sites for hydroxylation is 1. The number of hydrogen-bond acceptors (Lipinski definition) is 4. The van der Waals surface area contributed by atoms with Gasteiger partial charge in [-0.2, -0.15) is 0 Å². The molecule has 3 rings (SSSR count). The highest BCUT2D eigenvalue weighted by Gasteiger charge is 2.20. The lowest BCUT2D eigenvalue weighted by atomic mass is 10.0. The second-order valence-electron chi connectivity index (χ2n) is 8.26. The molecule has 37 heavy (non-hydrogen) atoms. The molecule has 3 amide bonds. The van der Waals surface area contributed by atoms with E-state index < -0.39 is 29.5 Å². The number of hydrogen-bond donors (Lipinski definition) is 3. The number of benzene rings is 3. The molecule has 3 aromatic carbocycles. The molecule has 1 atom stereocenters. The standard InChI is InChI=1S/C28H27F2N3O4/c29-22-8-4-7-20(17-22)21-10-11-24(30)23(18-21)27(36)31-14-15-32-28(37)25(13-16-34)33-26(35)12-9-19-5-2-1-3-6-19/h1-8,10-11,16-18,25H,9,12-15H2,(H,31,36)(H,32,37)(H,33,35). The largest absolute Gasteiger partial charge is 0.353 e. The van der Waals surface area contributed by atoms with E-state index in [1.165, 1.54) is 30.3 Å². The minimum atomic E-state index is -1.04. The van der Waals surface area contributed by atoms with Gasteiger partial charge in [0.05, 0.1) is 5.56 Å². The molecule has 3 N–H and O–H groups in total. The number of carbonyl (C=O) groups is 4. The van der Waals surface area contributed by atoms with Crippen LogP contribution in [0.4, 0.5) is 8.78 Å². The molecule has 9 heteroatoms. The van der Waals surface area contributed by atoms with Gasteiger partial charge in [0.25, 0.3) is 5.91 Å². The molecule has 0 heterocycles. The third-order valence-electron chi connectivity index (χ3n) is 5.55. The second-order valence-corrected chi connectivity index (χ2v) is 8.26. The lowest BCUT2D eigenvalue weighted by molar-refractivity contribution is -0.129. The van der Waals surface area contributed by atoms with Gasteiger partial charge in [-0.1, -0.05) is 48.5 Å². The summed E-state index contributed by atoms with van der Waals surface area (Å²) in [6, 6.07) is 18.0. The maximum atomic E-state index is 14.3. The lowest BCUT2D eigenvalue weighted by Gasteiger charge is -2.16. The molecule has 0 saturated heterocycles. The zero-order valence-corrected chi connectivity index (χ0v) is 20.0. The zero-order valence-electron chi connectivity index (χ0n) is 20.0. The predicted molar refractivity (Wildman–Crippen MR) is 135 cm³/mol. The number of rotatable bonds is 12. The monoisotopic (exact) mass is 507 g/mol. The molecule has 0 fully saturated rings. The SMILES string of the molecule is O=CCC(NC(=O)CCc1ccccc1)C(=O)NCCNC(=O)c1cc(-c2cccc(F)c2)ccc1F. The minimum absolute atomic E-state index is 0.00891. The second kappa shape index (κ2) is 13.6. The highest BCUT2D eigenvalue weighted by molar-refractivity contribution is 5.96. The molecule has 0 aromatic heterocycles. The summed E-state index contributed by atoms with van der Waals surface area (Å²) in [4.78, 5) is 48.2. The van der Waals surface area contributed by atoms with Crippen molar-refractivity contribution in [2.75, 3.05) is 13.1 Å². The van der Waals surface area contributed by atoms with Crippen LogP contribution in [0.15, 0.2) is 72.8 Å². The van der Waals surface area contributed by atoms with Gasteiger partial charge in [0.15, 0.2) is 0 Å². The third kappa shape index (κ3) is 8.34. The Hall–Kier alpha value is -4.40. The highest BCUT2D eigenvalue weighted by Crippen LogP contribution is 2.23. The molecule has 0 aliphatic rings. The number of halogens is 2. The summed E-state index contributed by atoms with van der Waals surface area (Å²) in [5.41, 5.74) is 1.72. The van der Waals surface area contributed by atoms with Crippen molar-refractivity contribution in [1.82, 2.24) is 16.0 Å². The Morgan fingerprint density at radius 1 is 0.838 bits per heavy atom. The molecule has 0 spiro atoms. The Bertz CT molecular complexity index is 1250. The molecule has 0 saturated carbocycles. The topological polar surface area (TPSA) is 104 Å². The van der Waals surface area contributed by atoms with Crippen molar-refractivity contribution in [1.29, 1.82) is 0 Å². The van der Waals surface area contributed by atoms with Crippen LogP contribution in [-0.2, 0) is 20.8 Å². The van der Waals surface area contributed by atoms with Gasteiger partial charge in [-0.05, 0) is 47.4 Å². The van der Waals surface area contributed by atoms with E-state index in [1.807, 2.05) is 30.3 Å². The first kappa shape index (κ1) is 27.2. The maximum absolute atomic E-state index is 14.3. The van der Waals surface area contributed by atoms with E-state index in [0.717, 1.165) is 11.6 Å². The third-order valence-corrected chi connectivity index (χ3v) is 5.55. The van der Waals surface area contributed by atoms with Crippen molar-refractivity contribution < 1.29 is 28.0 Å². The number of nitrogens with one attached hydrogen (secondary N) is 3. The normalized spacial score (nSPS) is 11.3. The first-order valence-electron chi connectivity index (χ1n) is 11.8. The molecule has 0 aliphatic carbocycles. The van der Waals surface area contributed by atoms with Crippen LogP contribution in [0.1, 0.15) is 28.8 Å². The fourth-order valence-corrected chi connectivity index (χ4v) is 3.62. The van der Waals surface area contributed by atoms with Crippen LogP contribution >= 0.6 is 0 Å². The van der Waals surface area contributed by atoms with Crippen molar-refractivity contribution in [2.45, 2.75) is 25.3 Å². The van der Waals surface area contributed by atoms with Crippen molar-refractivity contribution in [2.24, 2.45) is 0 Å². The first-order valence-corrected chi connectivity index (χ1v) is 11.8. The van der Waals surface area contributed by atoms with Crippen LogP contribution in [-0.4, -0.2) is 43.1 Å². The molecule has 192 valence electrons. The average Bonchev–Trinajstić information content (AvgIpc) is 2.90. The van der Waals surface area contributed by atoms with Gasteiger partial charge < -0.3 is 20.7 Å². The summed E-state index contributed by atoms with van der Waals surface area (Å²) < 4.78 is 27.8. The fraction of sp³-hybridized carbons (Fsp3) is 0.214. The van der Waals surface area contributed by atoms with Crippen LogP contribution in [0, 0.1) is 11.6 Å². The van der Waals surface area contributed by atoms with Crippen molar-refractivity contribution in [3.05, 3.63) is 95.6 Å². The summed E-state index contributed by atoms with van der Waals surface area (Å²) in [5, 5.41) is 7.61. The molecule has 0 aliphatic heterocycles. The first-order chi connectivity index (χ1) is 17.9. The van der Waals surface area contributed by atoms with Crippen molar-refractivity contribution >= 4 is 24.0 Å². The molecular formula is C28H27F2N3O4. The van der Waals surface area contributed by atoms with Crippen LogP contribution < -0.4 is 16.0 Å². The Labute approximate surface area is 213 Å². The Morgan fingerprint density at radius 3 is 2.30 bits per heavy atom. The Balaban J connectivity index is 1.48. The molecule has 0 radical (unpaired) electrons. The van der Waals surface area contributed by atoms with E-state index in [9.17, 15) is 28.0 Å². The van der Waals surface area contributed by atoms with Crippen LogP contribution in [0.2, 0.25) is 0 Å².